The Morgan fingerprint density at radius 3 is 2.18 bits per heavy atom. The molecule has 1 saturated carbocycles. The van der Waals surface area contributed by atoms with E-state index in [-0.39, 0.29) is 61.2 Å². The fourth-order valence-corrected chi connectivity index (χ4v) is 6.10. The highest BCUT2D eigenvalue weighted by Crippen LogP contribution is 2.33. The summed E-state index contributed by atoms with van der Waals surface area (Å²) in [5, 5.41) is 11.3. The maximum Gasteiger partial charge on any atom is 0.262 e. The molecule has 4 aromatic rings. The summed E-state index contributed by atoms with van der Waals surface area (Å²) in [4.78, 5) is 69.2. The van der Waals surface area contributed by atoms with Gasteiger partial charge in [-0.05, 0) is 97.0 Å². The number of benzene rings is 4. The number of nitrogens with two attached hydrogens (primary N) is 3. The summed E-state index contributed by atoms with van der Waals surface area (Å²) >= 11 is 0. The zero-order valence-corrected chi connectivity index (χ0v) is 30.8. The second kappa shape index (κ2) is 18.1. The molecule has 0 saturated heterocycles. The Labute approximate surface area is 324 Å². The van der Waals surface area contributed by atoms with Crippen LogP contribution < -0.4 is 43.2 Å². The Morgan fingerprint density at radius 2 is 1.48 bits per heavy atom. The molecule has 0 radical (unpaired) electrons. The lowest BCUT2D eigenvalue weighted by Crippen LogP contribution is -2.40. The Balaban J connectivity index is 0.956. The number of guanidine groups is 1. The van der Waals surface area contributed by atoms with E-state index in [2.05, 4.69) is 26.3 Å². The van der Waals surface area contributed by atoms with Crippen LogP contribution in [0.25, 0.3) is 0 Å². The molecule has 0 spiro atoms. The van der Waals surface area contributed by atoms with Crippen molar-refractivity contribution in [1.82, 2.24) is 15.5 Å². The summed E-state index contributed by atoms with van der Waals surface area (Å²) in [6.07, 6.45) is 2.87. The van der Waals surface area contributed by atoms with Gasteiger partial charge in [-0.15, -0.1) is 0 Å². The third-order valence-corrected chi connectivity index (χ3v) is 9.30. The van der Waals surface area contributed by atoms with Gasteiger partial charge in [0.2, 0.25) is 5.91 Å². The smallest absolute Gasteiger partial charge is 0.262 e. The van der Waals surface area contributed by atoms with Gasteiger partial charge in [-0.3, -0.25) is 29.0 Å². The molecule has 15 nitrogen and oxygen atoms in total. The van der Waals surface area contributed by atoms with Gasteiger partial charge in [0.05, 0.1) is 11.7 Å². The van der Waals surface area contributed by atoms with Gasteiger partial charge >= 0.3 is 0 Å². The highest BCUT2D eigenvalue weighted by Gasteiger charge is 2.33. The number of hydrogen-bond donors (Lipinski definition) is 7. The van der Waals surface area contributed by atoms with Crippen LogP contribution in [-0.4, -0.2) is 65.6 Å². The number of nitrogens with zero attached hydrogens (tertiary/aromatic N) is 2. The van der Waals surface area contributed by atoms with E-state index in [4.69, 9.17) is 21.9 Å². The average molecular weight is 760 g/mol. The minimum Gasteiger partial charge on any atom is -0.482 e. The first-order chi connectivity index (χ1) is 27.0. The first-order valence-electron chi connectivity index (χ1n) is 18.3. The highest BCUT2D eigenvalue weighted by molar-refractivity contribution is 6.04. The molecule has 1 atom stereocenters. The normalized spacial score (nSPS) is 13.6. The molecule has 5 amide bonds. The molecular weight excluding hydrogens is 715 g/mol. The summed E-state index contributed by atoms with van der Waals surface area (Å²) in [7, 11) is 0. The summed E-state index contributed by atoms with van der Waals surface area (Å²) < 4.78 is 5.50. The first-order valence-corrected chi connectivity index (χ1v) is 18.3. The lowest BCUT2D eigenvalue weighted by molar-refractivity contribution is -0.122. The van der Waals surface area contributed by atoms with Crippen LogP contribution in [0.5, 0.6) is 5.75 Å². The summed E-state index contributed by atoms with van der Waals surface area (Å²) in [5.41, 5.74) is 21.6. The number of anilines is 2. The average Bonchev–Trinajstić information content (AvgIpc) is 4.05. The van der Waals surface area contributed by atoms with Crippen molar-refractivity contribution >= 4 is 46.9 Å². The molecular formula is C41H45N9O6. The highest BCUT2D eigenvalue weighted by atomic mass is 16.5. The minimum absolute atomic E-state index is 0.00226. The third kappa shape index (κ3) is 10.7. The van der Waals surface area contributed by atoms with Crippen LogP contribution >= 0.6 is 0 Å². The largest absolute Gasteiger partial charge is 0.482 e. The number of hydrogen-bond acceptors (Lipinski definition) is 8. The van der Waals surface area contributed by atoms with Crippen LogP contribution in [0.2, 0.25) is 0 Å². The van der Waals surface area contributed by atoms with E-state index in [9.17, 15) is 24.0 Å². The Bertz CT molecular complexity index is 2110. The molecule has 290 valence electrons. The zero-order chi connectivity index (χ0) is 39.6. The number of fused-ring (bicyclic) bond motifs is 1. The molecule has 1 aliphatic heterocycles. The van der Waals surface area contributed by atoms with Crippen molar-refractivity contribution in [2.75, 3.05) is 23.8 Å². The van der Waals surface area contributed by atoms with Crippen LogP contribution in [0.3, 0.4) is 0 Å². The maximum atomic E-state index is 13.5. The predicted molar refractivity (Wildman–Crippen MR) is 212 cm³/mol. The van der Waals surface area contributed by atoms with Crippen LogP contribution in [0, 0.1) is 0 Å². The van der Waals surface area contributed by atoms with Crippen LogP contribution in [-0.2, 0) is 29.2 Å². The second-order valence-corrected chi connectivity index (χ2v) is 13.7. The molecule has 1 aliphatic carbocycles. The van der Waals surface area contributed by atoms with Gasteiger partial charge in [0, 0.05) is 54.6 Å². The summed E-state index contributed by atoms with van der Waals surface area (Å²) in [6.45, 7) is 1.26. The molecule has 0 unspecified atom stereocenters. The van der Waals surface area contributed by atoms with Crippen LogP contribution in [0.4, 0.5) is 11.4 Å². The van der Waals surface area contributed by atoms with Crippen molar-refractivity contribution < 1.29 is 28.7 Å². The lowest BCUT2D eigenvalue weighted by atomic mass is 10.1. The van der Waals surface area contributed by atoms with Crippen molar-refractivity contribution in [3.05, 3.63) is 124 Å². The van der Waals surface area contributed by atoms with Gasteiger partial charge in [-0.2, -0.15) is 0 Å². The lowest BCUT2D eigenvalue weighted by Gasteiger charge is -2.24. The summed E-state index contributed by atoms with van der Waals surface area (Å²) in [5.74, 6) is -0.761. The van der Waals surface area contributed by atoms with E-state index in [1.165, 1.54) is 0 Å². The molecule has 10 N–H and O–H groups in total. The summed E-state index contributed by atoms with van der Waals surface area (Å²) in [6, 6.07) is 25.7. The number of rotatable bonds is 16. The fourth-order valence-electron chi connectivity index (χ4n) is 6.10. The predicted octanol–water partition coefficient (Wildman–Crippen LogP) is 3.00. The van der Waals surface area contributed by atoms with Crippen molar-refractivity contribution in [2.45, 2.75) is 57.4 Å². The second-order valence-electron chi connectivity index (χ2n) is 13.7. The Kier molecular flexibility index (Phi) is 12.6. The molecule has 0 aromatic heterocycles. The van der Waals surface area contributed by atoms with E-state index < -0.39 is 6.04 Å². The standard InChI is InChI=1S/C41H45N9O6/c42-33(5-2-18-45-41(43)44)39(54)47-22-27-4-1-3-26(19-27)21-46-37(52)28-10-13-31(14-11-28)48-38(53)29-8-6-25(7-9-29)23-50(32-15-16-32)40(55)30-12-17-34-35(20-30)56-24-36(51)49-34/h1,3-4,6-14,17,19-20,32-33H,2,5,15-16,18,21-24,42H2,(H,46,52)(H,47,54)(H,48,53)(H,49,51)(H4,43,44,45)/t33-/m0/s1. The quantitative estimate of drug-likeness (QED) is 0.0505. The van der Waals surface area contributed by atoms with Crippen LogP contribution in [0.15, 0.2) is 96.0 Å². The zero-order valence-electron chi connectivity index (χ0n) is 30.8. The molecule has 2 aliphatic rings. The number of aliphatic imine (C=N–C) groups is 1. The Hall–Kier alpha value is -6.74. The van der Waals surface area contributed by atoms with Gasteiger partial charge in [0.15, 0.2) is 12.6 Å². The van der Waals surface area contributed by atoms with Crippen molar-refractivity contribution in [1.29, 1.82) is 0 Å². The van der Waals surface area contributed by atoms with Gasteiger partial charge < -0.3 is 48.1 Å². The molecule has 6 rings (SSSR count). The minimum atomic E-state index is -0.676. The van der Waals surface area contributed by atoms with Gasteiger partial charge in [0.25, 0.3) is 23.6 Å². The monoisotopic (exact) mass is 759 g/mol. The van der Waals surface area contributed by atoms with Crippen molar-refractivity contribution in [3.8, 4) is 5.75 Å². The number of carbonyl (C=O) groups is 5. The van der Waals surface area contributed by atoms with Gasteiger partial charge in [-0.25, -0.2) is 0 Å². The van der Waals surface area contributed by atoms with E-state index in [0.717, 1.165) is 29.5 Å². The fraction of sp³-hybridized carbons (Fsp3) is 0.268. The molecule has 4 aromatic carbocycles. The van der Waals surface area contributed by atoms with E-state index in [1.807, 2.05) is 41.3 Å². The van der Waals surface area contributed by atoms with E-state index in [0.29, 0.717) is 59.7 Å². The molecule has 1 heterocycles. The number of carbonyl (C=O) groups excluding carboxylic acids is 5. The first kappa shape index (κ1) is 39.0. The molecule has 0 bridgehead atoms. The maximum absolute atomic E-state index is 13.5. The van der Waals surface area contributed by atoms with Crippen molar-refractivity contribution in [2.24, 2.45) is 22.2 Å². The number of ether oxygens (including phenoxy) is 1. The van der Waals surface area contributed by atoms with E-state index >= 15 is 0 Å². The van der Waals surface area contributed by atoms with Crippen LogP contribution in [0.1, 0.15) is 73.4 Å². The molecule has 15 heteroatoms. The van der Waals surface area contributed by atoms with Crippen molar-refractivity contribution in [3.63, 3.8) is 0 Å². The molecule has 56 heavy (non-hydrogen) atoms. The Morgan fingerprint density at radius 1 is 0.821 bits per heavy atom. The SMILES string of the molecule is NC(N)=NCCC[C@H](N)C(=O)NCc1cccc(CNC(=O)c2ccc(NC(=O)c3ccc(CN(C(=O)c4ccc5c(c4)OCC(=O)N5)C4CC4)cc3)cc2)c1. The van der Waals surface area contributed by atoms with E-state index in [1.54, 1.807) is 54.6 Å². The number of amides is 5. The molecule has 1 fully saturated rings. The number of nitrogens with one attached hydrogen (secondary N) is 4. The topological polar surface area (TPSA) is 236 Å². The third-order valence-electron chi connectivity index (χ3n) is 9.30. The van der Waals surface area contributed by atoms with Gasteiger partial charge in [-0.1, -0.05) is 36.4 Å². The van der Waals surface area contributed by atoms with Gasteiger partial charge in [0.1, 0.15) is 5.75 Å².